The number of benzene rings is 2. The van der Waals surface area contributed by atoms with Gasteiger partial charge in [-0.3, -0.25) is 14.7 Å². The van der Waals surface area contributed by atoms with Gasteiger partial charge in [0.15, 0.2) is 5.76 Å². The van der Waals surface area contributed by atoms with Crippen molar-refractivity contribution in [3.8, 4) is 11.5 Å². The molecule has 2 unspecified atom stereocenters. The maximum Gasteiger partial charge on any atom is 0.227 e. The average Bonchev–Trinajstić information content (AvgIpc) is 3.40. The third-order valence-electron chi connectivity index (χ3n) is 5.68. The minimum absolute atomic E-state index is 0.0367. The molecule has 4 aromatic rings. The number of amides is 1. The summed E-state index contributed by atoms with van der Waals surface area (Å²) in [6, 6.07) is 17.5. The van der Waals surface area contributed by atoms with Crippen LogP contribution in [0, 0.1) is 6.92 Å². The largest absolute Gasteiger partial charge is 0.502 e. The zero-order valence-corrected chi connectivity index (χ0v) is 19.4. The first kappa shape index (κ1) is 23.7. The Bertz CT molecular complexity index is 1320. The van der Waals surface area contributed by atoms with E-state index in [0.29, 0.717) is 29.3 Å². The number of methoxy groups -OCH3 is 1. The maximum absolute atomic E-state index is 13.3. The molecule has 0 saturated carbocycles. The Hall–Kier alpha value is -4.40. The Morgan fingerprint density at radius 3 is 2.57 bits per heavy atom. The fourth-order valence-corrected chi connectivity index (χ4v) is 3.95. The smallest absolute Gasteiger partial charge is 0.227 e. The van der Waals surface area contributed by atoms with Gasteiger partial charge in [0.2, 0.25) is 17.1 Å². The molecule has 2 aromatic heterocycles. The van der Waals surface area contributed by atoms with Gasteiger partial charge in [-0.1, -0.05) is 42.5 Å². The van der Waals surface area contributed by atoms with Gasteiger partial charge < -0.3 is 19.6 Å². The van der Waals surface area contributed by atoms with Crippen LogP contribution >= 0.6 is 0 Å². The van der Waals surface area contributed by atoms with E-state index in [4.69, 9.17) is 9.15 Å². The molecule has 0 aliphatic heterocycles. The van der Waals surface area contributed by atoms with Gasteiger partial charge in [0.25, 0.3) is 0 Å². The summed E-state index contributed by atoms with van der Waals surface area (Å²) in [5.74, 6) is 0.000716. The standard InChI is InChI=1S/C26H26N4O5/c1-16-12-22(31)24(33)25(35-16)20(18-8-10-19(34-2)11-9-18)14-23(32)29-21(26-27-15-28-30-26)13-17-6-4-3-5-7-17/h3-12,15,20-21,33H,13-14H2,1-2H3,(H,29,32)(H,27,28,30). The van der Waals surface area contributed by atoms with Gasteiger partial charge in [0.1, 0.15) is 23.7 Å². The number of carbonyl (C=O) groups is 1. The van der Waals surface area contributed by atoms with Crippen LogP contribution in [-0.4, -0.2) is 33.3 Å². The molecular formula is C26H26N4O5. The SMILES string of the molecule is COc1ccc(C(CC(=O)NC(Cc2ccccc2)c2ncn[nH]2)c2oc(C)cc(=O)c2O)cc1. The summed E-state index contributed by atoms with van der Waals surface area (Å²) in [6.07, 6.45) is 1.81. The molecule has 35 heavy (non-hydrogen) atoms. The summed E-state index contributed by atoms with van der Waals surface area (Å²) in [5, 5.41) is 20.3. The lowest BCUT2D eigenvalue weighted by Crippen LogP contribution is -2.32. The fraction of sp³-hybridized carbons (Fsp3) is 0.231. The third-order valence-corrected chi connectivity index (χ3v) is 5.68. The van der Waals surface area contributed by atoms with E-state index in [1.165, 1.54) is 12.4 Å². The molecule has 4 rings (SSSR count). The Kier molecular flexibility index (Phi) is 7.25. The first-order valence-corrected chi connectivity index (χ1v) is 11.1. The third kappa shape index (κ3) is 5.75. The summed E-state index contributed by atoms with van der Waals surface area (Å²) in [6.45, 7) is 1.62. The molecule has 0 saturated heterocycles. The van der Waals surface area contributed by atoms with Crippen LogP contribution in [0.1, 0.15) is 46.9 Å². The first-order chi connectivity index (χ1) is 16.9. The highest BCUT2D eigenvalue weighted by molar-refractivity contribution is 5.78. The number of H-pyrrole nitrogens is 1. The van der Waals surface area contributed by atoms with Crippen LogP contribution in [0.25, 0.3) is 0 Å². The number of aromatic amines is 1. The number of aromatic hydroxyl groups is 1. The molecule has 3 N–H and O–H groups in total. The number of nitrogens with one attached hydrogen (secondary N) is 2. The van der Waals surface area contributed by atoms with E-state index in [1.807, 2.05) is 30.3 Å². The second-order valence-electron chi connectivity index (χ2n) is 8.14. The molecule has 2 atom stereocenters. The van der Waals surface area contributed by atoms with Gasteiger partial charge in [0, 0.05) is 12.5 Å². The van der Waals surface area contributed by atoms with E-state index in [2.05, 4.69) is 20.5 Å². The number of carbonyl (C=O) groups excluding carboxylic acids is 1. The van der Waals surface area contributed by atoms with Crippen molar-refractivity contribution >= 4 is 5.91 Å². The number of rotatable bonds is 9. The van der Waals surface area contributed by atoms with E-state index in [-0.39, 0.29) is 18.1 Å². The molecule has 180 valence electrons. The normalized spacial score (nSPS) is 12.6. The molecule has 1 amide bonds. The van der Waals surface area contributed by atoms with E-state index in [9.17, 15) is 14.7 Å². The zero-order valence-electron chi connectivity index (χ0n) is 19.4. The Morgan fingerprint density at radius 2 is 1.91 bits per heavy atom. The van der Waals surface area contributed by atoms with Gasteiger partial charge in [-0.25, -0.2) is 4.98 Å². The number of nitrogens with zero attached hydrogens (tertiary/aromatic N) is 2. The predicted octanol–water partition coefficient (Wildman–Crippen LogP) is 3.40. The Morgan fingerprint density at radius 1 is 1.17 bits per heavy atom. The molecule has 0 aliphatic carbocycles. The lowest BCUT2D eigenvalue weighted by atomic mass is 9.91. The number of aromatic nitrogens is 3. The molecule has 0 aliphatic rings. The first-order valence-electron chi connectivity index (χ1n) is 11.1. The second kappa shape index (κ2) is 10.7. The second-order valence-corrected chi connectivity index (χ2v) is 8.14. The Balaban J connectivity index is 1.63. The highest BCUT2D eigenvalue weighted by Crippen LogP contribution is 2.34. The molecule has 0 bridgehead atoms. The van der Waals surface area contributed by atoms with Crippen molar-refractivity contribution in [1.29, 1.82) is 0 Å². The van der Waals surface area contributed by atoms with E-state index < -0.39 is 23.1 Å². The number of hydrogen-bond donors (Lipinski definition) is 3. The van der Waals surface area contributed by atoms with Gasteiger partial charge in [-0.2, -0.15) is 5.10 Å². The summed E-state index contributed by atoms with van der Waals surface area (Å²) in [7, 11) is 1.56. The lowest BCUT2D eigenvalue weighted by molar-refractivity contribution is -0.122. The molecule has 0 spiro atoms. The minimum Gasteiger partial charge on any atom is -0.502 e. The molecule has 0 radical (unpaired) electrons. The number of hydrogen-bond acceptors (Lipinski definition) is 7. The van der Waals surface area contributed by atoms with Crippen molar-refractivity contribution in [2.75, 3.05) is 7.11 Å². The topological polar surface area (TPSA) is 130 Å². The van der Waals surface area contributed by atoms with Gasteiger partial charge >= 0.3 is 0 Å². The highest BCUT2D eigenvalue weighted by atomic mass is 16.5. The summed E-state index contributed by atoms with van der Waals surface area (Å²) in [5.41, 5.74) is 1.14. The highest BCUT2D eigenvalue weighted by Gasteiger charge is 2.27. The van der Waals surface area contributed by atoms with Gasteiger partial charge in [-0.15, -0.1) is 0 Å². The van der Waals surface area contributed by atoms with Gasteiger partial charge in [0.05, 0.1) is 19.1 Å². The van der Waals surface area contributed by atoms with Crippen molar-refractivity contribution in [1.82, 2.24) is 20.5 Å². The Labute approximate surface area is 201 Å². The zero-order chi connectivity index (χ0) is 24.8. The van der Waals surface area contributed by atoms with Crippen molar-refractivity contribution < 1.29 is 19.1 Å². The van der Waals surface area contributed by atoms with Crippen LogP contribution < -0.4 is 15.5 Å². The van der Waals surface area contributed by atoms with E-state index in [0.717, 1.165) is 5.56 Å². The molecule has 2 aromatic carbocycles. The van der Waals surface area contributed by atoms with E-state index in [1.54, 1.807) is 38.3 Å². The monoisotopic (exact) mass is 474 g/mol. The van der Waals surface area contributed by atoms with Crippen molar-refractivity contribution in [2.45, 2.75) is 31.7 Å². The fourth-order valence-electron chi connectivity index (χ4n) is 3.95. The van der Waals surface area contributed by atoms with Crippen LogP contribution in [0.4, 0.5) is 0 Å². The minimum atomic E-state index is -0.708. The molecule has 9 nitrogen and oxygen atoms in total. The number of aryl methyl sites for hydroxylation is 1. The number of ether oxygens (including phenoxy) is 1. The van der Waals surface area contributed by atoms with Crippen LogP contribution in [0.15, 0.2) is 76.2 Å². The van der Waals surface area contributed by atoms with Crippen LogP contribution in [0.3, 0.4) is 0 Å². The quantitative estimate of drug-likeness (QED) is 0.339. The average molecular weight is 475 g/mol. The molecule has 9 heteroatoms. The molecule has 2 heterocycles. The van der Waals surface area contributed by atoms with Crippen molar-refractivity contribution in [3.63, 3.8) is 0 Å². The van der Waals surface area contributed by atoms with Gasteiger partial charge in [-0.05, 0) is 36.6 Å². The van der Waals surface area contributed by atoms with Crippen LogP contribution in [0.2, 0.25) is 0 Å². The summed E-state index contributed by atoms with van der Waals surface area (Å²) < 4.78 is 11.0. The van der Waals surface area contributed by atoms with E-state index >= 15 is 0 Å². The lowest BCUT2D eigenvalue weighted by Gasteiger charge is -2.21. The predicted molar refractivity (Wildman–Crippen MR) is 128 cm³/mol. The van der Waals surface area contributed by atoms with Crippen LogP contribution in [-0.2, 0) is 11.2 Å². The maximum atomic E-state index is 13.3. The summed E-state index contributed by atoms with van der Waals surface area (Å²) >= 11 is 0. The van der Waals surface area contributed by atoms with Crippen molar-refractivity contribution in [3.05, 3.63) is 106 Å². The van der Waals surface area contributed by atoms with Crippen molar-refractivity contribution in [2.24, 2.45) is 0 Å². The molecule has 0 fully saturated rings. The molecular weight excluding hydrogens is 448 g/mol. The summed E-state index contributed by atoms with van der Waals surface area (Å²) in [4.78, 5) is 29.8. The van der Waals surface area contributed by atoms with Crippen LogP contribution in [0.5, 0.6) is 11.5 Å².